The summed E-state index contributed by atoms with van der Waals surface area (Å²) in [4.78, 5) is 37.8. The quantitative estimate of drug-likeness (QED) is 0.492. The van der Waals surface area contributed by atoms with E-state index in [2.05, 4.69) is 24.9 Å². The molecule has 0 unspecified atom stereocenters. The molecule has 0 fully saturated rings. The van der Waals surface area contributed by atoms with Crippen LogP contribution in [0.15, 0.2) is 28.3 Å². The molecule has 0 aliphatic rings. The third-order valence-corrected chi connectivity index (χ3v) is 2.13. The number of rotatable bonds is 1. The van der Waals surface area contributed by atoms with Crippen LogP contribution in [0.3, 0.4) is 0 Å². The summed E-state index contributed by atoms with van der Waals surface area (Å²) in [5, 5.41) is 0. The fourth-order valence-electron chi connectivity index (χ4n) is 1.43. The Morgan fingerprint density at radius 1 is 1.19 bits per heavy atom. The van der Waals surface area contributed by atoms with Gasteiger partial charge in [-0.2, -0.15) is 4.98 Å². The van der Waals surface area contributed by atoms with Crippen molar-refractivity contribution in [1.29, 1.82) is 0 Å². The first-order chi connectivity index (χ1) is 7.74. The van der Waals surface area contributed by atoms with Crippen molar-refractivity contribution in [3.05, 3.63) is 39.6 Å². The number of aromatic amines is 3. The van der Waals surface area contributed by atoms with Crippen LogP contribution in [0.5, 0.6) is 0 Å². The molecule has 8 nitrogen and oxygen atoms in total. The van der Waals surface area contributed by atoms with Gasteiger partial charge in [0.15, 0.2) is 11.2 Å². The Balaban J connectivity index is 2.37. The van der Waals surface area contributed by atoms with Gasteiger partial charge in [-0.1, -0.05) is 0 Å². The van der Waals surface area contributed by atoms with Crippen molar-refractivity contribution in [2.75, 3.05) is 0 Å². The van der Waals surface area contributed by atoms with Crippen LogP contribution in [0, 0.1) is 0 Å². The Hall–Kier alpha value is -2.64. The number of H-pyrrole nitrogens is 3. The number of hydrogen-bond donors (Lipinski definition) is 3. The highest BCUT2D eigenvalue weighted by atomic mass is 16.1. The molecule has 0 spiro atoms. The van der Waals surface area contributed by atoms with Crippen LogP contribution in [0.2, 0.25) is 0 Å². The third-order valence-electron chi connectivity index (χ3n) is 2.13. The highest BCUT2D eigenvalue weighted by molar-refractivity contribution is 5.68. The van der Waals surface area contributed by atoms with Gasteiger partial charge in [-0.25, -0.2) is 9.78 Å². The lowest BCUT2D eigenvalue weighted by molar-refractivity contribution is 0.925. The minimum Gasteiger partial charge on any atom is -0.300 e. The molecule has 3 N–H and O–H groups in total. The fourth-order valence-corrected chi connectivity index (χ4v) is 1.43. The van der Waals surface area contributed by atoms with Crippen LogP contribution in [-0.4, -0.2) is 29.5 Å². The molecule has 0 aliphatic carbocycles. The van der Waals surface area contributed by atoms with Crippen molar-refractivity contribution in [2.45, 2.75) is 0 Å². The van der Waals surface area contributed by atoms with Gasteiger partial charge in [0, 0.05) is 12.4 Å². The molecule has 0 aromatic carbocycles. The second-order valence-corrected chi connectivity index (χ2v) is 3.16. The molecule has 0 atom stereocenters. The van der Waals surface area contributed by atoms with E-state index in [1.165, 1.54) is 10.9 Å². The van der Waals surface area contributed by atoms with Gasteiger partial charge in [-0.05, 0) is 0 Å². The maximum absolute atomic E-state index is 11.6. The molecule has 0 aliphatic heterocycles. The van der Waals surface area contributed by atoms with Crippen LogP contribution in [0.4, 0.5) is 0 Å². The predicted octanol–water partition coefficient (Wildman–Crippen LogP) is -0.875. The monoisotopic (exact) mass is 218 g/mol. The zero-order valence-corrected chi connectivity index (χ0v) is 7.89. The normalized spacial score (nSPS) is 11.0. The zero-order chi connectivity index (χ0) is 11.1. The predicted molar refractivity (Wildman–Crippen MR) is 54.5 cm³/mol. The van der Waals surface area contributed by atoms with Gasteiger partial charge < -0.3 is 0 Å². The topological polar surface area (TPSA) is 112 Å². The smallest absolute Gasteiger partial charge is 0.300 e. The van der Waals surface area contributed by atoms with Crippen molar-refractivity contribution in [3.8, 4) is 5.95 Å². The summed E-state index contributed by atoms with van der Waals surface area (Å²) in [6.07, 6.45) is 4.69. The van der Waals surface area contributed by atoms with E-state index in [4.69, 9.17) is 0 Å². The number of hydrogen-bond acceptors (Lipinski definition) is 4. The molecule has 3 heterocycles. The van der Waals surface area contributed by atoms with E-state index < -0.39 is 11.2 Å². The van der Waals surface area contributed by atoms with Gasteiger partial charge in [-0.3, -0.25) is 24.3 Å². The fraction of sp³-hybridized carbons (Fsp3) is 0. The number of imidazole rings is 2. The van der Waals surface area contributed by atoms with Gasteiger partial charge in [0.05, 0.1) is 0 Å². The molecular formula is C8H6N6O2. The van der Waals surface area contributed by atoms with Crippen LogP contribution < -0.4 is 11.2 Å². The number of fused-ring (bicyclic) bond motifs is 1. The van der Waals surface area contributed by atoms with Crippen molar-refractivity contribution < 1.29 is 0 Å². The Bertz CT molecular complexity index is 747. The second-order valence-electron chi connectivity index (χ2n) is 3.16. The Morgan fingerprint density at radius 2 is 2.06 bits per heavy atom. The van der Waals surface area contributed by atoms with E-state index >= 15 is 0 Å². The maximum atomic E-state index is 11.6. The molecule has 3 rings (SSSR count). The van der Waals surface area contributed by atoms with E-state index in [1.54, 1.807) is 12.4 Å². The average Bonchev–Trinajstić information content (AvgIpc) is 2.84. The van der Waals surface area contributed by atoms with E-state index in [0.29, 0.717) is 5.95 Å². The average molecular weight is 218 g/mol. The maximum Gasteiger partial charge on any atom is 0.325 e. The van der Waals surface area contributed by atoms with Crippen LogP contribution in [-0.2, 0) is 0 Å². The van der Waals surface area contributed by atoms with E-state index in [1.807, 2.05) is 0 Å². The number of nitrogens with zero attached hydrogens (tertiary/aromatic N) is 3. The molecule has 0 amide bonds. The highest BCUT2D eigenvalue weighted by Gasteiger charge is 2.07. The Morgan fingerprint density at radius 3 is 2.81 bits per heavy atom. The minimum absolute atomic E-state index is 0.133. The van der Waals surface area contributed by atoms with Crippen molar-refractivity contribution in [2.24, 2.45) is 0 Å². The molecule has 0 saturated carbocycles. The zero-order valence-electron chi connectivity index (χ0n) is 7.89. The van der Waals surface area contributed by atoms with Gasteiger partial charge in [0.2, 0.25) is 5.95 Å². The minimum atomic E-state index is -0.462. The SMILES string of the molecule is O=c1[nH]c2nc(-n3ccnc3)[nH]c(=O)c2[nH]1. The summed E-state index contributed by atoms with van der Waals surface area (Å²) in [5.74, 6) is 0.297. The summed E-state index contributed by atoms with van der Waals surface area (Å²) >= 11 is 0. The molecule has 8 heteroatoms. The van der Waals surface area contributed by atoms with Gasteiger partial charge >= 0.3 is 5.69 Å². The Labute approximate surface area is 87.0 Å². The lowest BCUT2D eigenvalue weighted by atomic mass is 10.5. The standard InChI is InChI=1S/C8H6N6O2/c15-6-4-5(12-8(16)10-4)11-7(13-6)14-2-1-9-3-14/h1-3H,(H3,10,11,12,13,15,16). The molecule has 3 aromatic heterocycles. The summed E-state index contributed by atoms with van der Waals surface area (Å²) in [5.41, 5.74) is -0.519. The van der Waals surface area contributed by atoms with Crippen molar-refractivity contribution in [1.82, 2.24) is 29.5 Å². The molecule has 16 heavy (non-hydrogen) atoms. The first kappa shape index (κ1) is 8.65. The lowest BCUT2D eigenvalue weighted by Crippen LogP contribution is -2.12. The molecule has 0 saturated heterocycles. The summed E-state index contributed by atoms with van der Waals surface area (Å²) < 4.78 is 1.53. The molecule has 3 aromatic rings. The largest absolute Gasteiger partial charge is 0.325 e. The van der Waals surface area contributed by atoms with Gasteiger partial charge in [0.1, 0.15) is 6.33 Å². The summed E-state index contributed by atoms with van der Waals surface area (Å²) in [6.45, 7) is 0. The molecule has 0 bridgehead atoms. The van der Waals surface area contributed by atoms with Crippen molar-refractivity contribution >= 4 is 11.2 Å². The summed E-state index contributed by atoms with van der Waals surface area (Å²) in [7, 11) is 0. The highest BCUT2D eigenvalue weighted by Crippen LogP contribution is 2.01. The van der Waals surface area contributed by atoms with E-state index in [0.717, 1.165) is 0 Å². The van der Waals surface area contributed by atoms with Crippen LogP contribution >= 0.6 is 0 Å². The van der Waals surface area contributed by atoms with Crippen LogP contribution in [0.25, 0.3) is 17.1 Å². The van der Waals surface area contributed by atoms with Gasteiger partial charge in [-0.15, -0.1) is 0 Å². The van der Waals surface area contributed by atoms with E-state index in [-0.39, 0.29) is 11.2 Å². The Kier molecular flexibility index (Phi) is 1.58. The summed E-state index contributed by atoms with van der Waals surface area (Å²) in [6, 6.07) is 0. The molecule has 0 radical (unpaired) electrons. The van der Waals surface area contributed by atoms with E-state index in [9.17, 15) is 9.59 Å². The molecule has 80 valence electrons. The first-order valence-corrected chi connectivity index (χ1v) is 4.45. The number of aromatic nitrogens is 6. The van der Waals surface area contributed by atoms with Crippen LogP contribution in [0.1, 0.15) is 0 Å². The van der Waals surface area contributed by atoms with Crippen molar-refractivity contribution in [3.63, 3.8) is 0 Å². The molecular weight excluding hydrogens is 212 g/mol. The third kappa shape index (κ3) is 1.16. The lowest BCUT2D eigenvalue weighted by Gasteiger charge is -1.99. The number of nitrogens with one attached hydrogen (secondary N) is 3. The second kappa shape index (κ2) is 2.92. The van der Waals surface area contributed by atoms with Gasteiger partial charge in [0.25, 0.3) is 5.56 Å². The first-order valence-electron chi connectivity index (χ1n) is 4.45.